The molecule has 2 saturated heterocycles. The Morgan fingerprint density at radius 3 is 2.86 bits per heavy atom. The second kappa shape index (κ2) is 8.56. The van der Waals surface area contributed by atoms with E-state index in [2.05, 4.69) is 53.5 Å². The van der Waals surface area contributed by atoms with Gasteiger partial charge in [0.25, 0.3) is 17.4 Å². The van der Waals surface area contributed by atoms with Gasteiger partial charge >= 0.3 is 0 Å². The largest absolute Gasteiger partial charge is 0.370 e. The van der Waals surface area contributed by atoms with E-state index >= 15 is 0 Å². The zero-order valence-electron chi connectivity index (χ0n) is 19.4. The Bertz CT molecular complexity index is 1380. The number of halogens is 1. The molecule has 3 aromatic rings. The third kappa shape index (κ3) is 3.99. The molecule has 2 atom stereocenters. The van der Waals surface area contributed by atoms with Crippen molar-refractivity contribution in [3.05, 3.63) is 40.3 Å². The maximum Gasteiger partial charge on any atom is 0.275 e. The van der Waals surface area contributed by atoms with E-state index in [0.717, 1.165) is 44.6 Å². The maximum atomic E-state index is 9.73. The van der Waals surface area contributed by atoms with Gasteiger partial charge in [-0.2, -0.15) is 10.2 Å². The molecule has 3 aliphatic rings. The van der Waals surface area contributed by atoms with E-state index in [4.69, 9.17) is 18.2 Å². The minimum absolute atomic E-state index is 0.280. The molecule has 0 spiro atoms. The first-order valence-corrected chi connectivity index (χ1v) is 12.3. The lowest BCUT2D eigenvalue weighted by molar-refractivity contribution is 0.239. The minimum atomic E-state index is 0.280. The van der Waals surface area contributed by atoms with Crippen molar-refractivity contribution in [2.24, 2.45) is 5.92 Å². The molecule has 178 valence electrons. The van der Waals surface area contributed by atoms with Crippen LogP contribution in [0.15, 0.2) is 18.3 Å². The predicted octanol–water partition coefficient (Wildman–Crippen LogP) is 4.05. The van der Waals surface area contributed by atoms with Crippen LogP contribution in [0, 0.1) is 23.8 Å². The standard InChI is InChI=1S/C24H25ClN10/c1-27-20-12-28-23-22(29-16-3-4-16)31-24(32-35(20)23)30-17-9-14(11-26)10-19(21(17)25)34-8-6-18-15(13-34)5-7-33(18)2/h9-10,12,15-16,18H,3-8,13H2,2H3,(H2,29,30,31,32). The number of rotatable bonds is 5. The summed E-state index contributed by atoms with van der Waals surface area (Å²) in [6, 6.07) is 6.81. The Hall–Kier alpha value is -3.60. The lowest BCUT2D eigenvalue weighted by atomic mass is 9.92. The van der Waals surface area contributed by atoms with E-state index in [1.807, 2.05) is 6.07 Å². The molecular formula is C24H25ClN10. The summed E-state index contributed by atoms with van der Waals surface area (Å²) in [5.74, 6) is 1.75. The summed E-state index contributed by atoms with van der Waals surface area (Å²) in [6.45, 7) is 10.4. The van der Waals surface area contributed by atoms with Gasteiger partial charge in [0.05, 0.1) is 34.2 Å². The third-order valence-electron chi connectivity index (χ3n) is 7.26. The number of fused-ring (bicyclic) bond motifs is 2. The SMILES string of the molecule is [C-]#[N+]c1cnc2c(NC3CC3)nc(Nc3cc(C#N)cc(N4CCC5C(CCN5C)C4)c3Cl)nn12. The van der Waals surface area contributed by atoms with Crippen LogP contribution in [0.3, 0.4) is 0 Å². The second-order valence-corrected chi connectivity index (χ2v) is 9.97. The van der Waals surface area contributed by atoms with Crippen molar-refractivity contribution in [1.29, 1.82) is 5.26 Å². The van der Waals surface area contributed by atoms with Crippen molar-refractivity contribution in [2.45, 2.75) is 37.8 Å². The Morgan fingerprint density at radius 1 is 1.23 bits per heavy atom. The molecule has 2 aliphatic heterocycles. The van der Waals surface area contributed by atoms with Gasteiger partial charge in [-0.15, -0.1) is 4.52 Å². The van der Waals surface area contributed by atoms with Gasteiger partial charge in [0.1, 0.15) is 0 Å². The van der Waals surface area contributed by atoms with E-state index in [1.165, 1.54) is 17.1 Å². The molecule has 1 aliphatic carbocycles. The van der Waals surface area contributed by atoms with Crippen LogP contribution >= 0.6 is 11.6 Å². The lowest BCUT2D eigenvalue weighted by Crippen LogP contribution is -2.45. The number of aromatic nitrogens is 4. The molecule has 1 saturated carbocycles. The number of nitrogens with one attached hydrogen (secondary N) is 2. The van der Waals surface area contributed by atoms with Crippen LogP contribution < -0.4 is 15.5 Å². The summed E-state index contributed by atoms with van der Waals surface area (Å²) < 4.78 is 1.48. The van der Waals surface area contributed by atoms with Crippen LogP contribution in [0.4, 0.5) is 29.0 Å². The Balaban J connectivity index is 1.35. The van der Waals surface area contributed by atoms with Gasteiger partial charge in [0.2, 0.25) is 0 Å². The van der Waals surface area contributed by atoms with Gasteiger partial charge < -0.3 is 25.3 Å². The van der Waals surface area contributed by atoms with Gasteiger partial charge in [0.15, 0.2) is 5.82 Å². The van der Waals surface area contributed by atoms with Crippen LogP contribution in [0.25, 0.3) is 10.5 Å². The molecule has 3 fully saturated rings. The summed E-state index contributed by atoms with van der Waals surface area (Å²) in [7, 11) is 2.20. The zero-order chi connectivity index (χ0) is 24.1. The monoisotopic (exact) mass is 488 g/mol. The number of hydrogen-bond donors (Lipinski definition) is 2. The molecular weight excluding hydrogens is 464 g/mol. The number of anilines is 4. The molecule has 1 aromatic carbocycles. The number of benzene rings is 1. The fourth-order valence-corrected chi connectivity index (χ4v) is 5.55. The fraction of sp³-hybridized carbons (Fsp3) is 0.458. The van der Waals surface area contributed by atoms with Crippen molar-refractivity contribution >= 4 is 46.2 Å². The predicted molar refractivity (Wildman–Crippen MR) is 134 cm³/mol. The van der Waals surface area contributed by atoms with Crippen molar-refractivity contribution in [3.8, 4) is 6.07 Å². The second-order valence-electron chi connectivity index (χ2n) is 9.59. The van der Waals surface area contributed by atoms with Gasteiger partial charge in [-0.25, -0.2) is 4.98 Å². The summed E-state index contributed by atoms with van der Waals surface area (Å²) in [5.41, 5.74) is 2.44. The highest BCUT2D eigenvalue weighted by Gasteiger charge is 2.37. The molecule has 11 heteroatoms. The number of likely N-dealkylation sites (tertiary alicyclic amines) is 1. The summed E-state index contributed by atoms with van der Waals surface area (Å²) in [5, 5.41) is 21.3. The van der Waals surface area contributed by atoms with Crippen molar-refractivity contribution < 1.29 is 0 Å². The molecule has 0 amide bonds. The van der Waals surface area contributed by atoms with E-state index in [0.29, 0.717) is 51.6 Å². The van der Waals surface area contributed by atoms with Crippen LogP contribution in [0.2, 0.25) is 5.02 Å². The van der Waals surface area contributed by atoms with Crippen LogP contribution in [-0.4, -0.2) is 63.2 Å². The molecule has 35 heavy (non-hydrogen) atoms. The van der Waals surface area contributed by atoms with Crippen molar-refractivity contribution in [3.63, 3.8) is 0 Å². The van der Waals surface area contributed by atoms with Crippen LogP contribution in [0.5, 0.6) is 0 Å². The number of nitrogens with zero attached hydrogens (tertiary/aromatic N) is 8. The van der Waals surface area contributed by atoms with E-state index in [9.17, 15) is 5.26 Å². The van der Waals surface area contributed by atoms with Crippen LogP contribution in [0.1, 0.15) is 31.2 Å². The fourth-order valence-electron chi connectivity index (χ4n) is 5.27. The molecule has 2 aromatic heterocycles. The molecule has 10 nitrogen and oxygen atoms in total. The Labute approximate surface area is 208 Å². The van der Waals surface area contributed by atoms with E-state index < -0.39 is 0 Å². The van der Waals surface area contributed by atoms with Crippen molar-refractivity contribution in [1.82, 2.24) is 24.5 Å². The summed E-state index contributed by atoms with van der Waals surface area (Å²) in [4.78, 5) is 17.2. The van der Waals surface area contributed by atoms with E-state index in [-0.39, 0.29) is 5.95 Å². The quantitative estimate of drug-likeness (QED) is 0.519. The lowest BCUT2D eigenvalue weighted by Gasteiger charge is -2.39. The number of piperidine rings is 1. The van der Waals surface area contributed by atoms with Crippen molar-refractivity contribution in [2.75, 3.05) is 42.2 Å². The Morgan fingerprint density at radius 2 is 2.09 bits per heavy atom. The van der Waals surface area contributed by atoms with E-state index in [1.54, 1.807) is 6.07 Å². The highest BCUT2D eigenvalue weighted by atomic mass is 35.5. The molecule has 0 bridgehead atoms. The Kier molecular flexibility index (Phi) is 5.36. The maximum absolute atomic E-state index is 9.73. The number of imidazole rings is 1. The smallest absolute Gasteiger partial charge is 0.275 e. The summed E-state index contributed by atoms with van der Waals surface area (Å²) in [6.07, 6.45) is 5.89. The molecule has 2 N–H and O–H groups in total. The topological polar surface area (TPSA) is 102 Å². The normalized spacial score (nSPS) is 22.0. The average Bonchev–Trinajstić information content (AvgIpc) is 3.47. The molecule has 0 radical (unpaired) electrons. The highest BCUT2D eigenvalue weighted by Crippen LogP contribution is 2.40. The first-order valence-electron chi connectivity index (χ1n) is 11.9. The third-order valence-corrected chi connectivity index (χ3v) is 7.66. The minimum Gasteiger partial charge on any atom is -0.370 e. The average molecular weight is 489 g/mol. The first kappa shape index (κ1) is 21.9. The van der Waals surface area contributed by atoms with Gasteiger partial charge in [-0.1, -0.05) is 23.3 Å². The molecule has 4 heterocycles. The highest BCUT2D eigenvalue weighted by molar-refractivity contribution is 6.36. The number of hydrogen-bond acceptors (Lipinski definition) is 8. The molecule has 2 unspecified atom stereocenters. The van der Waals surface area contributed by atoms with Gasteiger partial charge in [-0.05, 0) is 57.3 Å². The number of nitriles is 1. The van der Waals surface area contributed by atoms with Crippen LogP contribution in [-0.2, 0) is 0 Å². The first-order chi connectivity index (χ1) is 17.0. The zero-order valence-corrected chi connectivity index (χ0v) is 20.1. The molecule has 6 rings (SSSR count). The summed E-state index contributed by atoms with van der Waals surface area (Å²) >= 11 is 6.92. The van der Waals surface area contributed by atoms with Gasteiger partial charge in [0, 0.05) is 25.2 Å². The van der Waals surface area contributed by atoms with Gasteiger partial charge in [-0.3, -0.25) is 0 Å².